The fourth-order valence-corrected chi connectivity index (χ4v) is 2.62. The Morgan fingerprint density at radius 2 is 2.10 bits per heavy atom. The van der Waals surface area contributed by atoms with Crippen LogP contribution in [0.4, 0.5) is 0 Å². The summed E-state index contributed by atoms with van der Waals surface area (Å²) in [6.07, 6.45) is 1.63. The number of nitrogens with one attached hydrogen (secondary N) is 1. The molecule has 0 spiro atoms. The van der Waals surface area contributed by atoms with Crippen molar-refractivity contribution in [3.63, 3.8) is 0 Å². The molecule has 0 fully saturated rings. The Morgan fingerprint density at radius 1 is 1.33 bits per heavy atom. The number of thioether (sulfide) groups is 1. The lowest BCUT2D eigenvalue weighted by Crippen LogP contribution is -2.10. The molecule has 0 bridgehead atoms. The maximum Gasteiger partial charge on any atom is 0.251 e. The number of aromatic nitrogens is 2. The van der Waals surface area contributed by atoms with Gasteiger partial charge in [0, 0.05) is 22.5 Å². The van der Waals surface area contributed by atoms with Gasteiger partial charge in [-0.05, 0) is 37.1 Å². The van der Waals surface area contributed by atoms with Gasteiger partial charge in [0.05, 0.1) is 6.61 Å². The number of H-pyrrole nitrogens is 1. The van der Waals surface area contributed by atoms with Crippen LogP contribution in [0.2, 0.25) is 5.02 Å². The number of hydrogen-bond donors (Lipinski definition) is 1. The molecule has 1 N–H and O–H groups in total. The van der Waals surface area contributed by atoms with Crippen molar-refractivity contribution >= 4 is 23.4 Å². The maximum absolute atomic E-state index is 11.4. The van der Waals surface area contributed by atoms with Crippen molar-refractivity contribution in [3.05, 3.63) is 51.4 Å². The molecule has 1 heterocycles. The molecule has 2 aromatic rings. The largest absolute Gasteiger partial charge is 0.494 e. The van der Waals surface area contributed by atoms with E-state index in [-0.39, 0.29) is 5.56 Å². The Morgan fingerprint density at radius 3 is 2.81 bits per heavy atom. The molecule has 0 aliphatic rings. The van der Waals surface area contributed by atoms with Crippen molar-refractivity contribution in [2.24, 2.45) is 0 Å². The summed E-state index contributed by atoms with van der Waals surface area (Å²) in [6, 6.07) is 8.83. The van der Waals surface area contributed by atoms with Gasteiger partial charge in [-0.2, -0.15) is 0 Å². The second-order valence-electron chi connectivity index (χ2n) is 4.40. The number of benzene rings is 1. The molecule has 0 radical (unpaired) electrons. The molecule has 21 heavy (non-hydrogen) atoms. The van der Waals surface area contributed by atoms with Crippen LogP contribution in [0.15, 0.2) is 40.3 Å². The molecule has 4 nitrogen and oxygen atoms in total. The Hall–Kier alpha value is -1.46. The first-order chi connectivity index (χ1) is 10.2. The summed E-state index contributed by atoms with van der Waals surface area (Å²) in [5, 5.41) is 1.37. The Balaban J connectivity index is 1.73. The predicted molar refractivity (Wildman–Crippen MR) is 86.5 cm³/mol. The lowest BCUT2D eigenvalue weighted by atomic mass is 10.3. The van der Waals surface area contributed by atoms with Gasteiger partial charge in [0.2, 0.25) is 0 Å². The van der Waals surface area contributed by atoms with Crippen LogP contribution in [0.3, 0.4) is 0 Å². The molecule has 6 heteroatoms. The Labute approximate surface area is 132 Å². The zero-order valence-corrected chi connectivity index (χ0v) is 13.3. The first-order valence-electron chi connectivity index (χ1n) is 6.79. The summed E-state index contributed by atoms with van der Waals surface area (Å²) in [4.78, 5) is 18.5. The molecular weight excluding hydrogens is 308 g/mol. The fourth-order valence-electron chi connectivity index (χ4n) is 1.68. The SMILES string of the molecule is CCc1cc(=O)[nH]c(SCCCOc2ccc(Cl)cc2)n1. The Kier molecular flexibility index (Phi) is 6.14. The number of aromatic amines is 1. The summed E-state index contributed by atoms with van der Waals surface area (Å²) < 4.78 is 5.60. The third kappa shape index (κ3) is 5.44. The molecule has 0 aliphatic heterocycles. The monoisotopic (exact) mass is 324 g/mol. The highest BCUT2D eigenvalue weighted by atomic mass is 35.5. The van der Waals surface area contributed by atoms with E-state index < -0.39 is 0 Å². The quantitative estimate of drug-likeness (QED) is 0.481. The van der Waals surface area contributed by atoms with Crippen molar-refractivity contribution in [2.75, 3.05) is 12.4 Å². The minimum atomic E-state index is -0.0956. The second kappa shape index (κ2) is 8.10. The fraction of sp³-hybridized carbons (Fsp3) is 0.333. The Bertz CT molecular complexity index is 628. The first kappa shape index (κ1) is 15.9. The van der Waals surface area contributed by atoms with Crippen LogP contribution in [0.5, 0.6) is 5.75 Å². The molecule has 0 amide bonds. The van der Waals surface area contributed by atoms with Gasteiger partial charge in [-0.1, -0.05) is 30.3 Å². The van der Waals surface area contributed by atoms with Crippen molar-refractivity contribution in [1.29, 1.82) is 0 Å². The number of rotatable bonds is 7. The second-order valence-corrected chi connectivity index (χ2v) is 5.92. The van der Waals surface area contributed by atoms with Crippen molar-refractivity contribution in [1.82, 2.24) is 9.97 Å². The van der Waals surface area contributed by atoms with E-state index in [9.17, 15) is 4.79 Å². The average molecular weight is 325 g/mol. The van der Waals surface area contributed by atoms with Crippen LogP contribution in [0, 0.1) is 0 Å². The molecule has 1 aromatic carbocycles. The summed E-state index contributed by atoms with van der Waals surface area (Å²) in [6.45, 7) is 2.60. The third-order valence-corrected chi connectivity index (χ3v) is 3.96. The first-order valence-corrected chi connectivity index (χ1v) is 8.15. The highest BCUT2D eigenvalue weighted by Gasteiger charge is 2.01. The zero-order chi connectivity index (χ0) is 15.1. The smallest absolute Gasteiger partial charge is 0.251 e. The number of halogens is 1. The lowest BCUT2D eigenvalue weighted by molar-refractivity contribution is 0.318. The van der Waals surface area contributed by atoms with E-state index in [0.29, 0.717) is 16.8 Å². The van der Waals surface area contributed by atoms with Crippen LogP contribution >= 0.6 is 23.4 Å². The lowest BCUT2D eigenvalue weighted by Gasteiger charge is -2.06. The van der Waals surface area contributed by atoms with Crippen molar-refractivity contribution < 1.29 is 4.74 Å². The molecule has 0 unspecified atom stereocenters. The minimum absolute atomic E-state index is 0.0956. The van der Waals surface area contributed by atoms with Crippen molar-refractivity contribution in [3.8, 4) is 5.75 Å². The van der Waals surface area contributed by atoms with Crippen LogP contribution in [0.25, 0.3) is 0 Å². The van der Waals surface area contributed by atoms with Gasteiger partial charge in [0.25, 0.3) is 5.56 Å². The van der Waals surface area contributed by atoms with E-state index in [1.54, 1.807) is 12.1 Å². The van der Waals surface area contributed by atoms with E-state index in [1.165, 1.54) is 17.8 Å². The maximum atomic E-state index is 11.4. The van der Waals surface area contributed by atoms with Crippen LogP contribution in [-0.4, -0.2) is 22.3 Å². The van der Waals surface area contributed by atoms with E-state index >= 15 is 0 Å². The predicted octanol–water partition coefficient (Wildman–Crippen LogP) is 3.55. The highest BCUT2D eigenvalue weighted by Crippen LogP contribution is 2.17. The topological polar surface area (TPSA) is 55.0 Å². The van der Waals surface area contributed by atoms with Gasteiger partial charge in [-0.15, -0.1) is 0 Å². The number of nitrogens with zero attached hydrogens (tertiary/aromatic N) is 1. The van der Waals surface area contributed by atoms with Crippen LogP contribution in [0.1, 0.15) is 19.0 Å². The van der Waals surface area contributed by atoms with Gasteiger partial charge in [-0.25, -0.2) is 4.98 Å². The van der Waals surface area contributed by atoms with Crippen LogP contribution < -0.4 is 10.3 Å². The highest BCUT2D eigenvalue weighted by molar-refractivity contribution is 7.99. The van der Waals surface area contributed by atoms with E-state index in [4.69, 9.17) is 16.3 Å². The minimum Gasteiger partial charge on any atom is -0.494 e. The molecule has 1 aromatic heterocycles. The van der Waals surface area contributed by atoms with E-state index in [0.717, 1.165) is 30.0 Å². The molecule has 0 saturated carbocycles. The summed E-state index contributed by atoms with van der Waals surface area (Å²) in [5.74, 6) is 1.65. The van der Waals surface area contributed by atoms with Gasteiger partial charge >= 0.3 is 0 Å². The van der Waals surface area contributed by atoms with Gasteiger partial charge in [0.1, 0.15) is 5.75 Å². The van der Waals surface area contributed by atoms with E-state index in [1.807, 2.05) is 19.1 Å². The molecule has 0 aliphatic carbocycles. The van der Waals surface area contributed by atoms with E-state index in [2.05, 4.69) is 9.97 Å². The van der Waals surface area contributed by atoms with Crippen LogP contribution in [-0.2, 0) is 6.42 Å². The standard InChI is InChI=1S/C15H17ClN2O2S/c1-2-12-10-14(19)18-15(17-12)21-9-3-8-20-13-6-4-11(16)5-7-13/h4-7,10H,2-3,8-9H2,1H3,(H,17,18,19). The molecule has 0 atom stereocenters. The molecule has 0 saturated heterocycles. The number of ether oxygens (including phenoxy) is 1. The summed E-state index contributed by atoms with van der Waals surface area (Å²) in [7, 11) is 0. The summed E-state index contributed by atoms with van der Waals surface area (Å²) >= 11 is 7.34. The zero-order valence-electron chi connectivity index (χ0n) is 11.8. The van der Waals surface area contributed by atoms with Crippen molar-refractivity contribution in [2.45, 2.75) is 24.9 Å². The van der Waals surface area contributed by atoms with Gasteiger partial charge < -0.3 is 9.72 Å². The summed E-state index contributed by atoms with van der Waals surface area (Å²) in [5.41, 5.74) is 0.723. The van der Waals surface area contributed by atoms with Gasteiger partial charge in [0.15, 0.2) is 5.16 Å². The normalized spacial score (nSPS) is 10.6. The number of hydrogen-bond acceptors (Lipinski definition) is 4. The third-order valence-electron chi connectivity index (χ3n) is 2.75. The molecule has 112 valence electrons. The average Bonchev–Trinajstić information content (AvgIpc) is 2.48. The van der Waals surface area contributed by atoms with Gasteiger partial charge in [-0.3, -0.25) is 4.79 Å². The molecule has 2 rings (SSSR count). The number of aryl methyl sites for hydroxylation is 1. The molecular formula is C15H17ClN2O2S.